The van der Waals surface area contributed by atoms with Crippen molar-refractivity contribution >= 4 is 11.6 Å². The van der Waals surface area contributed by atoms with Gasteiger partial charge in [-0.2, -0.15) is 5.10 Å². The van der Waals surface area contributed by atoms with Crippen molar-refractivity contribution in [3.63, 3.8) is 0 Å². The van der Waals surface area contributed by atoms with Gasteiger partial charge < -0.3 is 15.9 Å². The molecule has 0 saturated heterocycles. The number of rotatable bonds is 8. The SMILES string of the molecule is CC/C(C)=C(/C(=N\NCCOC)C(N)=O)[N+](=O)[O-]. The molecule has 8 nitrogen and oxygen atoms in total. The number of nitrogens with one attached hydrogen (secondary N) is 1. The summed E-state index contributed by atoms with van der Waals surface area (Å²) in [6.45, 7) is 3.99. The molecule has 0 aromatic rings. The molecule has 0 heterocycles. The van der Waals surface area contributed by atoms with E-state index in [0.717, 1.165) is 0 Å². The van der Waals surface area contributed by atoms with E-state index in [-0.39, 0.29) is 11.4 Å². The molecule has 0 aliphatic rings. The number of hydrogen-bond donors (Lipinski definition) is 2. The predicted molar refractivity (Wildman–Crippen MR) is 66.5 cm³/mol. The molecule has 0 saturated carbocycles. The molecule has 0 unspecified atom stereocenters. The number of hydrazone groups is 1. The standard InChI is InChI=1S/C10H18N4O4/c1-4-7(2)9(14(16)17)8(10(11)15)13-12-5-6-18-3/h12H,4-6H2,1-3H3,(H2,11,15)/b9-7-,13-8+. The minimum Gasteiger partial charge on any atom is -0.383 e. The molecule has 0 rings (SSSR count). The second-order valence-corrected chi connectivity index (χ2v) is 3.47. The summed E-state index contributed by atoms with van der Waals surface area (Å²) >= 11 is 0. The fourth-order valence-corrected chi connectivity index (χ4v) is 1.12. The summed E-state index contributed by atoms with van der Waals surface area (Å²) in [7, 11) is 1.50. The topological polar surface area (TPSA) is 120 Å². The molecule has 0 aromatic heterocycles. The van der Waals surface area contributed by atoms with E-state index in [4.69, 9.17) is 10.5 Å². The number of primary amides is 1. The van der Waals surface area contributed by atoms with Crippen LogP contribution in [-0.4, -0.2) is 36.8 Å². The lowest BCUT2D eigenvalue weighted by molar-refractivity contribution is -0.416. The van der Waals surface area contributed by atoms with Crippen molar-refractivity contribution in [2.24, 2.45) is 10.8 Å². The zero-order chi connectivity index (χ0) is 14.1. The Bertz CT molecular complexity index is 376. The molecule has 18 heavy (non-hydrogen) atoms. The third-order valence-electron chi connectivity index (χ3n) is 2.18. The predicted octanol–water partition coefficient (Wildman–Crippen LogP) is 0.0244. The number of methoxy groups -OCH3 is 1. The molecule has 0 aliphatic heterocycles. The van der Waals surface area contributed by atoms with Gasteiger partial charge in [-0.25, -0.2) is 0 Å². The van der Waals surface area contributed by atoms with Gasteiger partial charge in [0.15, 0.2) is 0 Å². The van der Waals surface area contributed by atoms with Crippen LogP contribution in [0.3, 0.4) is 0 Å². The van der Waals surface area contributed by atoms with Gasteiger partial charge >= 0.3 is 5.70 Å². The highest BCUT2D eigenvalue weighted by Crippen LogP contribution is 2.10. The third-order valence-corrected chi connectivity index (χ3v) is 2.18. The molecular weight excluding hydrogens is 240 g/mol. The first-order valence-electron chi connectivity index (χ1n) is 5.39. The van der Waals surface area contributed by atoms with Gasteiger partial charge in [0.05, 0.1) is 18.1 Å². The first-order chi connectivity index (χ1) is 8.45. The normalized spacial score (nSPS) is 12.9. The quantitative estimate of drug-likeness (QED) is 0.275. The highest BCUT2D eigenvalue weighted by atomic mass is 16.6. The van der Waals surface area contributed by atoms with Gasteiger partial charge in [0.2, 0.25) is 5.71 Å². The van der Waals surface area contributed by atoms with Crippen LogP contribution in [-0.2, 0) is 9.53 Å². The van der Waals surface area contributed by atoms with E-state index < -0.39 is 10.8 Å². The van der Waals surface area contributed by atoms with E-state index in [0.29, 0.717) is 25.1 Å². The van der Waals surface area contributed by atoms with Crippen molar-refractivity contribution in [2.75, 3.05) is 20.3 Å². The summed E-state index contributed by atoms with van der Waals surface area (Å²) < 4.78 is 4.77. The molecule has 102 valence electrons. The minimum absolute atomic E-state index is 0.323. The van der Waals surface area contributed by atoms with Crippen molar-refractivity contribution in [1.29, 1.82) is 0 Å². The molecule has 0 radical (unpaired) electrons. The Morgan fingerprint density at radius 1 is 1.56 bits per heavy atom. The van der Waals surface area contributed by atoms with Crippen LogP contribution in [0.15, 0.2) is 16.4 Å². The number of ether oxygens (including phenoxy) is 1. The molecule has 0 atom stereocenters. The van der Waals surface area contributed by atoms with Crippen molar-refractivity contribution in [1.82, 2.24) is 5.43 Å². The zero-order valence-electron chi connectivity index (χ0n) is 10.7. The van der Waals surface area contributed by atoms with E-state index in [2.05, 4.69) is 10.5 Å². The summed E-state index contributed by atoms with van der Waals surface area (Å²) in [4.78, 5) is 21.5. The maximum Gasteiger partial charge on any atom is 0.301 e. The number of nitrogens with two attached hydrogens (primary N) is 1. The Morgan fingerprint density at radius 2 is 2.17 bits per heavy atom. The lowest BCUT2D eigenvalue weighted by atomic mass is 10.1. The summed E-state index contributed by atoms with van der Waals surface area (Å²) in [5.41, 5.74) is 7.31. The summed E-state index contributed by atoms with van der Waals surface area (Å²) in [5, 5.41) is 14.6. The van der Waals surface area contributed by atoms with Crippen LogP contribution in [0.5, 0.6) is 0 Å². The van der Waals surface area contributed by atoms with Crippen molar-refractivity contribution < 1.29 is 14.5 Å². The molecule has 0 aliphatic carbocycles. The van der Waals surface area contributed by atoms with Gasteiger partial charge in [-0.15, -0.1) is 0 Å². The van der Waals surface area contributed by atoms with Gasteiger partial charge in [-0.05, 0) is 13.3 Å². The number of nitro groups is 1. The minimum atomic E-state index is -0.945. The first-order valence-corrected chi connectivity index (χ1v) is 5.39. The number of amides is 1. The van der Waals surface area contributed by atoms with E-state index in [1.54, 1.807) is 13.8 Å². The Balaban J connectivity index is 5.19. The van der Waals surface area contributed by atoms with Crippen molar-refractivity contribution in [3.8, 4) is 0 Å². The summed E-state index contributed by atoms with van der Waals surface area (Å²) in [6.07, 6.45) is 0.431. The lowest BCUT2D eigenvalue weighted by Crippen LogP contribution is -2.31. The zero-order valence-corrected chi connectivity index (χ0v) is 10.7. The molecule has 1 amide bonds. The van der Waals surface area contributed by atoms with Crippen LogP contribution < -0.4 is 11.2 Å². The van der Waals surface area contributed by atoms with E-state index in [1.807, 2.05) is 0 Å². The average Bonchev–Trinajstić information content (AvgIpc) is 2.31. The maximum absolute atomic E-state index is 11.2. The van der Waals surface area contributed by atoms with E-state index >= 15 is 0 Å². The van der Waals surface area contributed by atoms with E-state index in [1.165, 1.54) is 7.11 Å². The van der Waals surface area contributed by atoms with Gasteiger partial charge in [0, 0.05) is 12.7 Å². The van der Waals surface area contributed by atoms with Crippen molar-refractivity contribution in [3.05, 3.63) is 21.4 Å². The molecule has 0 fully saturated rings. The Kier molecular flexibility index (Phi) is 7.29. The van der Waals surface area contributed by atoms with Crippen LogP contribution in [0.2, 0.25) is 0 Å². The molecule has 8 heteroatoms. The number of allylic oxidation sites excluding steroid dienone is 1. The Labute approximate surface area is 105 Å². The number of carbonyl (C=O) groups excluding carboxylic acids is 1. The van der Waals surface area contributed by atoms with E-state index in [9.17, 15) is 14.9 Å². The van der Waals surface area contributed by atoms with Crippen LogP contribution in [0.4, 0.5) is 0 Å². The fraction of sp³-hybridized carbons (Fsp3) is 0.600. The van der Waals surface area contributed by atoms with Crippen LogP contribution in [0.25, 0.3) is 0 Å². The van der Waals surface area contributed by atoms with Gasteiger partial charge in [-0.1, -0.05) is 6.92 Å². The second kappa shape index (κ2) is 8.18. The number of carbonyl (C=O) groups is 1. The molecule has 0 spiro atoms. The largest absolute Gasteiger partial charge is 0.383 e. The first kappa shape index (κ1) is 16.0. The Hall–Kier alpha value is -1.96. The van der Waals surface area contributed by atoms with Gasteiger partial charge in [0.25, 0.3) is 5.91 Å². The third kappa shape index (κ3) is 4.91. The Morgan fingerprint density at radius 3 is 2.56 bits per heavy atom. The van der Waals surface area contributed by atoms with Gasteiger partial charge in [-0.3, -0.25) is 14.9 Å². The highest BCUT2D eigenvalue weighted by molar-refractivity contribution is 6.44. The number of nitrogens with zero attached hydrogens (tertiary/aromatic N) is 2. The maximum atomic E-state index is 11.2. The average molecular weight is 258 g/mol. The summed E-state index contributed by atoms with van der Waals surface area (Å²) in [5.74, 6) is -0.945. The molecular formula is C10H18N4O4. The number of hydrogen-bond acceptors (Lipinski definition) is 6. The van der Waals surface area contributed by atoms with Crippen LogP contribution >= 0.6 is 0 Å². The monoisotopic (exact) mass is 258 g/mol. The smallest absolute Gasteiger partial charge is 0.301 e. The fourth-order valence-electron chi connectivity index (χ4n) is 1.12. The second-order valence-electron chi connectivity index (χ2n) is 3.47. The molecule has 0 bridgehead atoms. The lowest BCUT2D eigenvalue weighted by Gasteiger charge is -2.05. The van der Waals surface area contributed by atoms with Crippen molar-refractivity contribution in [2.45, 2.75) is 20.3 Å². The highest BCUT2D eigenvalue weighted by Gasteiger charge is 2.27. The molecule has 3 N–H and O–H groups in total. The van der Waals surface area contributed by atoms with Crippen LogP contribution in [0.1, 0.15) is 20.3 Å². The van der Waals surface area contributed by atoms with Crippen LogP contribution in [0, 0.1) is 10.1 Å². The summed E-state index contributed by atoms with van der Waals surface area (Å²) in [6, 6.07) is 0. The van der Waals surface area contributed by atoms with Gasteiger partial charge in [0.1, 0.15) is 0 Å². The molecule has 0 aromatic carbocycles.